The Hall–Kier alpha value is -2.78. The van der Waals surface area contributed by atoms with Gasteiger partial charge in [-0.25, -0.2) is 31.5 Å². The molecule has 14 heteroatoms. The minimum absolute atomic E-state index is 0.0436. The van der Waals surface area contributed by atoms with E-state index in [-0.39, 0.29) is 18.3 Å². The topological polar surface area (TPSA) is 142 Å². The number of aromatic nitrogens is 4. The zero-order chi connectivity index (χ0) is 28.8. The Bertz CT molecular complexity index is 1770. The smallest absolute Gasteiger partial charge is 0.213 e. The molecule has 11 nitrogen and oxygen atoms in total. The van der Waals surface area contributed by atoms with Crippen molar-refractivity contribution >= 4 is 53.7 Å². The molecular formula is C26H32BrN7O4S2. The summed E-state index contributed by atoms with van der Waals surface area (Å²) in [6.45, 7) is 8.86. The molecule has 1 aliphatic rings. The maximum atomic E-state index is 12.3. The van der Waals surface area contributed by atoms with Crippen LogP contribution in [0.5, 0.6) is 0 Å². The number of sulfonamides is 1. The van der Waals surface area contributed by atoms with Gasteiger partial charge in [0.2, 0.25) is 20.9 Å². The number of H-pyrrole nitrogens is 1. The average molecular weight is 651 g/mol. The largest absolute Gasteiger partial charge is 0.378 e. The highest BCUT2D eigenvalue weighted by Gasteiger charge is 2.31. The third kappa shape index (κ3) is 5.55. The van der Waals surface area contributed by atoms with Crippen molar-refractivity contribution in [2.45, 2.75) is 46.7 Å². The standard InChI is InChI=1S/C26H32BrN7O4S2/c1-5-40(37,38)33-9-8-19(14-33)30-23-21(27)13-28-26-24(23)31-25(32-26)20-10-16(3)34(17(20)4)22-11-18(7-6-15(22)2)12-29-39(35)36/h6-7,10-11,13,19,39H,5,8-9,12,14H2,1-4H3,(H,29,35,36)(H2,28,30,31,32)/t19-/m0/s1. The van der Waals surface area contributed by atoms with E-state index in [4.69, 9.17) is 4.98 Å². The van der Waals surface area contributed by atoms with Gasteiger partial charge in [-0.15, -0.1) is 0 Å². The summed E-state index contributed by atoms with van der Waals surface area (Å²) in [5.41, 5.74) is 7.85. The number of imidazole rings is 1. The van der Waals surface area contributed by atoms with Crippen molar-refractivity contribution < 1.29 is 16.8 Å². The van der Waals surface area contributed by atoms with Crippen LogP contribution in [0.4, 0.5) is 5.69 Å². The first-order chi connectivity index (χ1) is 19.0. The summed E-state index contributed by atoms with van der Waals surface area (Å²) in [6, 6.07) is 7.92. The summed E-state index contributed by atoms with van der Waals surface area (Å²) in [5, 5.41) is 3.50. The predicted molar refractivity (Wildman–Crippen MR) is 161 cm³/mol. The number of aryl methyl sites for hydroxylation is 2. The van der Waals surface area contributed by atoms with Crippen molar-refractivity contribution in [3.63, 3.8) is 0 Å². The molecule has 3 N–H and O–H groups in total. The van der Waals surface area contributed by atoms with Gasteiger partial charge in [-0.2, -0.15) is 4.31 Å². The lowest BCUT2D eigenvalue weighted by Gasteiger charge is -2.17. The molecule has 0 spiro atoms. The van der Waals surface area contributed by atoms with Crippen LogP contribution in [0.3, 0.4) is 0 Å². The summed E-state index contributed by atoms with van der Waals surface area (Å²) in [4.78, 5) is 12.8. The molecule has 1 aliphatic heterocycles. The molecule has 0 saturated carbocycles. The SMILES string of the molecule is CCS(=O)(=O)N1CC[C@H](Nc2c(Br)cnc3[nH]c(-c4cc(C)n(-c5cc(CN[SH](=O)=O)ccc5C)c4C)nc23)C1. The lowest BCUT2D eigenvalue weighted by atomic mass is 10.1. The molecule has 1 atom stereocenters. The fraction of sp³-hybridized carbons (Fsp3) is 0.385. The number of hydrogen-bond acceptors (Lipinski definition) is 7. The van der Waals surface area contributed by atoms with Crippen LogP contribution in [0.25, 0.3) is 28.2 Å². The number of rotatable bonds is 9. The van der Waals surface area contributed by atoms with Gasteiger partial charge in [0.15, 0.2) is 5.65 Å². The second kappa shape index (κ2) is 11.2. The molecule has 40 heavy (non-hydrogen) atoms. The molecule has 5 rings (SSSR count). The van der Waals surface area contributed by atoms with Gasteiger partial charge in [0, 0.05) is 54.5 Å². The van der Waals surface area contributed by atoms with Crippen LogP contribution >= 0.6 is 15.9 Å². The molecule has 214 valence electrons. The van der Waals surface area contributed by atoms with E-state index in [1.165, 1.54) is 4.31 Å². The lowest BCUT2D eigenvalue weighted by Crippen LogP contribution is -2.32. The minimum atomic E-state index is -3.24. The first-order valence-corrected chi connectivity index (χ1v) is 16.5. The van der Waals surface area contributed by atoms with Gasteiger partial charge < -0.3 is 14.9 Å². The molecule has 4 aromatic rings. The highest BCUT2D eigenvalue weighted by atomic mass is 79.9. The van der Waals surface area contributed by atoms with E-state index in [1.807, 2.05) is 39.0 Å². The van der Waals surface area contributed by atoms with Gasteiger partial charge in [-0.1, -0.05) is 12.1 Å². The number of nitrogens with one attached hydrogen (secondary N) is 3. The zero-order valence-electron chi connectivity index (χ0n) is 22.7. The average Bonchev–Trinajstić information content (AvgIpc) is 3.63. The molecule has 1 saturated heterocycles. The Balaban J connectivity index is 1.49. The molecule has 0 bridgehead atoms. The van der Waals surface area contributed by atoms with E-state index in [0.717, 1.165) is 43.9 Å². The quantitative estimate of drug-likeness (QED) is 0.203. The van der Waals surface area contributed by atoms with Gasteiger partial charge >= 0.3 is 0 Å². The van der Waals surface area contributed by atoms with Crippen molar-refractivity contribution in [1.82, 2.24) is 28.5 Å². The number of fused-ring (bicyclic) bond motifs is 1. The van der Waals surface area contributed by atoms with Crippen LogP contribution in [0, 0.1) is 20.8 Å². The Morgan fingerprint density at radius 3 is 2.70 bits per heavy atom. The number of hydrogen-bond donors (Lipinski definition) is 4. The highest BCUT2D eigenvalue weighted by molar-refractivity contribution is 9.10. The molecule has 3 aromatic heterocycles. The van der Waals surface area contributed by atoms with Crippen molar-refractivity contribution in [1.29, 1.82) is 0 Å². The Labute approximate surface area is 243 Å². The summed E-state index contributed by atoms with van der Waals surface area (Å²) < 4.78 is 53.6. The van der Waals surface area contributed by atoms with E-state index in [9.17, 15) is 16.8 Å². The van der Waals surface area contributed by atoms with Gasteiger partial charge in [-0.3, -0.25) is 0 Å². The summed E-state index contributed by atoms with van der Waals surface area (Å²) >= 11 is 3.60. The number of halogens is 1. The number of nitrogens with zero attached hydrogens (tertiary/aromatic N) is 4. The Kier molecular flexibility index (Phi) is 8.08. The highest BCUT2D eigenvalue weighted by Crippen LogP contribution is 2.35. The lowest BCUT2D eigenvalue weighted by molar-refractivity contribution is 0.476. The molecule has 1 aromatic carbocycles. The Morgan fingerprint density at radius 1 is 1.20 bits per heavy atom. The molecule has 0 radical (unpaired) electrons. The summed E-state index contributed by atoms with van der Waals surface area (Å²) in [7, 11) is -5.91. The van der Waals surface area contributed by atoms with Crippen LogP contribution in [0.1, 0.15) is 35.9 Å². The van der Waals surface area contributed by atoms with Crippen molar-refractivity contribution in [3.8, 4) is 17.1 Å². The van der Waals surface area contributed by atoms with Crippen molar-refractivity contribution in [3.05, 3.63) is 57.4 Å². The molecule has 0 unspecified atom stereocenters. The van der Waals surface area contributed by atoms with E-state index < -0.39 is 20.9 Å². The van der Waals surface area contributed by atoms with E-state index in [1.54, 1.807) is 13.1 Å². The molecular weight excluding hydrogens is 618 g/mol. The van der Waals surface area contributed by atoms with Crippen LogP contribution in [0.15, 0.2) is 34.9 Å². The number of anilines is 1. The fourth-order valence-electron chi connectivity index (χ4n) is 5.22. The van der Waals surface area contributed by atoms with E-state index in [0.29, 0.717) is 36.5 Å². The number of aromatic amines is 1. The third-order valence-electron chi connectivity index (χ3n) is 7.34. The van der Waals surface area contributed by atoms with Crippen molar-refractivity contribution in [2.75, 3.05) is 24.2 Å². The molecule has 0 aliphatic carbocycles. The number of pyridine rings is 1. The summed E-state index contributed by atoms with van der Waals surface area (Å²) in [6.07, 6.45) is 2.41. The third-order valence-corrected chi connectivity index (χ3v) is 10.2. The first kappa shape index (κ1) is 28.7. The fourth-order valence-corrected chi connectivity index (χ4v) is 7.09. The predicted octanol–water partition coefficient (Wildman–Crippen LogP) is 3.56. The second-order valence-electron chi connectivity index (χ2n) is 9.99. The molecule has 1 fully saturated rings. The van der Waals surface area contributed by atoms with Gasteiger partial charge in [0.05, 0.1) is 15.9 Å². The van der Waals surface area contributed by atoms with Crippen LogP contribution in [0.2, 0.25) is 0 Å². The van der Waals surface area contributed by atoms with Crippen LogP contribution in [-0.2, 0) is 27.5 Å². The van der Waals surface area contributed by atoms with Gasteiger partial charge in [0.1, 0.15) is 11.3 Å². The van der Waals surface area contributed by atoms with Crippen LogP contribution < -0.4 is 10.0 Å². The van der Waals surface area contributed by atoms with E-state index in [2.05, 4.69) is 46.6 Å². The van der Waals surface area contributed by atoms with E-state index >= 15 is 0 Å². The maximum absolute atomic E-state index is 12.3. The Morgan fingerprint density at radius 2 is 1.98 bits per heavy atom. The minimum Gasteiger partial charge on any atom is -0.378 e. The first-order valence-electron chi connectivity index (χ1n) is 12.9. The number of benzene rings is 1. The van der Waals surface area contributed by atoms with Crippen molar-refractivity contribution in [2.24, 2.45) is 0 Å². The normalized spacial score (nSPS) is 16.4. The number of thiol groups is 1. The maximum Gasteiger partial charge on any atom is 0.213 e. The van der Waals surface area contributed by atoms with Crippen LogP contribution in [-0.4, -0.2) is 65.5 Å². The second-order valence-corrected chi connectivity index (χ2v) is 13.9. The summed E-state index contributed by atoms with van der Waals surface area (Å²) in [5.74, 6) is 0.759. The van der Waals surface area contributed by atoms with Gasteiger partial charge in [-0.05, 0) is 73.3 Å². The zero-order valence-corrected chi connectivity index (χ0v) is 26.0. The molecule has 0 amide bonds. The van der Waals surface area contributed by atoms with Gasteiger partial charge in [0.25, 0.3) is 0 Å². The monoisotopic (exact) mass is 649 g/mol. The molecule has 4 heterocycles.